The van der Waals surface area contributed by atoms with Crippen LogP contribution in [0.2, 0.25) is 0 Å². The van der Waals surface area contributed by atoms with Gasteiger partial charge in [-0.25, -0.2) is 8.78 Å². The Labute approximate surface area is 206 Å². The van der Waals surface area contributed by atoms with Crippen molar-refractivity contribution in [1.29, 1.82) is 0 Å². The lowest BCUT2D eigenvalue weighted by Gasteiger charge is -2.29. The van der Waals surface area contributed by atoms with Crippen molar-refractivity contribution in [3.8, 4) is 16.9 Å². The van der Waals surface area contributed by atoms with Gasteiger partial charge >= 0.3 is 0 Å². The molecule has 3 aromatic carbocycles. The van der Waals surface area contributed by atoms with Crippen molar-refractivity contribution in [3.63, 3.8) is 0 Å². The minimum atomic E-state index is -1.12. The van der Waals surface area contributed by atoms with Crippen molar-refractivity contribution in [2.24, 2.45) is 0 Å². The van der Waals surface area contributed by atoms with E-state index < -0.39 is 17.5 Å². The minimum Gasteiger partial charge on any atom is -0.491 e. The Hall–Kier alpha value is -2.79. The average molecular weight is 483 g/mol. The molecule has 0 N–H and O–H groups in total. The molecule has 1 fully saturated rings. The molecule has 0 radical (unpaired) electrons. The van der Waals surface area contributed by atoms with Gasteiger partial charge in [0, 0.05) is 11.1 Å². The van der Waals surface area contributed by atoms with Crippen molar-refractivity contribution in [2.75, 3.05) is 6.61 Å². The topological polar surface area (TPSA) is 18.5 Å². The Morgan fingerprint density at radius 1 is 0.771 bits per heavy atom. The first-order chi connectivity index (χ1) is 17.0. The van der Waals surface area contributed by atoms with E-state index in [1.165, 1.54) is 35.4 Å². The van der Waals surface area contributed by atoms with E-state index in [2.05, 4.69) is 31.2 Å². The SMILES string of the molecule is CCCc1ccc(C2CCC(OCc3ccc(-c4ccc(OCC)c(F)c4F)c(F)c3)CC2)cc1. The van der Waals surface area contributed by atoms with Crippen LogP contribution in [0.25, 0.3) is 11.1 Å². The predicted octanol–water partition coefficient (Wildman–Crippen LogP) is 8.37. The van der Waals surface area contributed by atoms with Crippen LogP contribution in [0.1, 0.15) is 68.6 Å². The van der Waals surface area contributed by atoms with Crippen LogP contribution in [-0.2, 0) is 17.8 Å². The molecule has 0 spiro atoms. The summed E-state index contributed by atoms with van der Waals surface area (Å²) in [6.45, 7) is 4.38. The van der Waals surface area contributed by atoms with E-state index in [0.717, 1.165) is 38.5 Å². The van der Waals surface area contributed by atoms with Gasteiger partial charge in [-0.1, -0.05) is 49.7 Å². The highest BCUT2D eigenvalue weighted by Gasteiger charge is 2.23. The summed E-state index contributed by atoms with van der Waals surface area (Å²) in [6.07, 6.45) is 6.52. The highest BCUT2D eigenvalue weighted by atomic mass is 19.2. The van der Waals surface area contributed by atoms with Crippen LogP contribution in [0.3, 0.4) is 0 Å². The molecule has 0 atom stereocenters. The lowest BCUT2D eigenvalue weighted by molar-refractivity contribution is 0.0132. The predicted molar refractivity (Wildman–Crippen MR) is 133 cm³/mol. The third-order valence-corrected chi connectivity index (χ3v) is 6.82. The minimum absolute atomic E-state index is 0.0126. The van der Waals surface area contributed by atoms with E-state index in [-0.39, 0.29) is 29.6 Å². The molecule has 0 aliphatic heterocycles. The highest BCUT2D eigenvalue weighted by molar-refractivity contribution is 5.66. The van der Waals surface area contributed by atoms with Gasteiger partial charge in [0.15, 0.2) is 11.6 Å². The summed E-state index contributed by atoms with van der Waals surface area (Å²) in [5, 5.41) is 0. The average Bonchev–Trinajstić information content (AvgIpc) is 2.87. The molecular weight excluding hydrogens is 449 g/mol. The van der Waals surface area contributed by atoms with Crippen LogP contribution < -0.4 is 4.74 Å². The second kappa shape index (κ2) is 11.8. The van der Waals surface area contributed by atoms with Crippen molar-refractivity contribution in [2.45, 2.75) is 71.0 Å². The number of aryl methyl sites for hydroxylation is 1. The molecule has 0 saturated heterocycles. The molecule has 4 rings (SSSR count). The molecule has 0 aromatic heterocycles. The molecule has 1 aliphatic rings. The summed E-state index contributed by atoms with van der Waals surface area (Å²) in [5.41, 5.74) is 3.35. The second-order valence-electron chi connectivity index (χ2n) is 9.26. The fourth-order valence-corrected chi connectivity index (χ4v) is 4.90. The Balaban J connectivity index is 1.33. The quantitative estimate of drug-likeness (QED) is 0.305. The van der Waals surface area contributed by atoms with Crippen LogP contribution in [-0.4, -0.2) is 12.7 Å². The number of hydrogen-bond donors (Lipinski definition) is 0. The van der Waals surface area contributed by atoms with E-state index in [4.69, 9.17) is 9.47 Å². The molecule has 0 unspecified atom stereocenters. The summed E-state index contributed by atoms with van der Waals surface area (Å²) in [7, 11) is 0. The highest BCUT2D eigenvalue weighted by Crippen LogP contribution is 2.35. The van der Waals surface area contributed by atoms with E-state index in [9.17, 15) is 13.2 Å². The van der Waals surface area contributed by atoms with Crippen molar-refractivity contribution in [1.82, 2.24) is 0 Å². The molecule has 0 bridgehead atoms. The van der Waals surface area contributed by atoms with Gasteiger partial charge in [-0.05, 0) is 79.8 Å². The summed E-state index contributed by atoms with van der Waals surface area (Å²) in [6, 6.07) is 16.2. The zero-order chi connectivity index (χ0) is 24.8. The van der Waals surface area contributed by atoms with Gasteiger partial charge in [0.2, 0.25) is 5.82 Å². The fraction of sp³-hybridized carbons (Fsp3) is 0.400. The largest absolute Gasteiger partial charge is 0.491 e. The summed E-state index contributed by atoms with van der Waals surface area (Å²) in [5.74, 6) is -2.45. The van der Waals surface area contributed by atoms with Crippen LogP contribution in [0.5, 0.6) is 5.75 Å². The van der Waals surface area contributed by atoms with E-state index in [1.54, 1.807) is 13.0 Å². The van der Waals surface area contributed by atoms with Gasteiger partial charge in [0.1, 0.15) is 5.82 Å². The number of rotatable bonds is 9. The third kappa shape index (κ3) is 6.07. The van der Waals surface area contributed by atoms with Gasteiger partial charge in [-0.3, -0.25) is 0 Å². The molecule has 186 valence electrons. The first-order valence-electron chi connectivity index (χ1n) is 12.6. The van der Waals surface area contributed by atoms with Crippen LogP contribution in [0.4, 0.5) is 13.2 Å². The molecule has 1 aliphatic carbocycles. The van der Waals surface area contributed by atoms with Crippen LogP contribution in [0.15, 0.2) is 54.6 Å². The van der Waals surface area contributed by atoms with Crippen molar-refractivity contribution in [3.05, 3.63) is 88.7 Å². The number of ether oxygens (including phenoxy) is 2. The zero-order valence-corrected chi connectivity index (χ0v) is 20.5. The number of hydrogen-bond acceptors (Lipinski definition) is 2. The Morgan fingerprint density at radius 3 is 2.11 bits per heavy atom. The lowest BCUT2D eigenvalue weighted by atomic mass is 9.82. The van der Waals surface area contributed by atoms with Gasteiger partial charge in [-0.2, -0.15) is 4.39 Å². The third-order valence-electron chi connectivity index (χ3n) is 6.82. The van der Waals surface area contributed by atoms with E-state index in [0.29, 0.717) is 18.1 Å². The van der Waals surface area contributed by atoms with Gasteiger partial charge in [-0.15, -0.1) is 0 Å². The van der Waals surface area contributed by atoms with Gasteiger partial charge < -0.3 is 9.47 Å². The maximum absolute atomic E-state index is 14.8. The molecule has 0 amide bonds. The first kappa shape index (κ1) is 25.3. The smallest absolute Gasteiger partial charge is 0.201 e. The normalized spacial score (nSPS) is 18.0. The molecule has 5 heteroatoms. The van der Waals surface area contributed by atoms with Gasteiger partial charge in [0.25, 0.3) is 0 Å². The maximum atomic E-state index is 14.8. The van der Waals surface area contributed by atoms with Crippen LogP contribution in [0, 0.1) is 17.5 Å². The number of benzene rings is 3. The first-order valence-corrected chi connectivity index (χ1v) is 12.6. The molecule has 2 nitrogen and oxygen atoms in total. The maximum Gasteiger partial charge on any atom is 0.201 e. The Bertz CT molecular complexity index is 1120. The second-order valence-corrected chi connectivity index (χ2v) is 9.26. The van der Waals surface area contributed by atoms with E-state index in [1.807, 2.05) is 0 Å². The van der Waals surface area contributed by atoms with Crippen molar-refractivity contribution < 1.29 is 22.6 Å². The molecular formula is C30H33F3O2. The Kier molecular flexibility index (Phi) is 8.50. The Morgan fingerprint density at radius 2 is 1.46 bits per heavy atom. The standard InChI is InChI=1S/C30H33F3O2/c1-3-5-20-6-9-22(10-7-20)23-11-13-24(14-12-23)35-19-21-8-15-25(27(31)18-21)26-16-17-28(34-4-2)30(33)29(26)32/h6-10,15-18,23-24H,3-5,11-14,19H2,1-2H3. The molecule has 0 heterocycles. The number of halogens is 3. The molecule has 1 saturated carbocycles. The summed E-state index contributed by atoms with van der Waals surface area (Å²) in [4.78, 5) is 0. The zero-order valence-electron chi connectivity index (χ0n) is 20.5. The molecule has 35 heavy (non-hydrogen) atoms. The van der Waals surface area contributed by atoms with Crippen LogP contribution >= 0.6 is 0 Å². The fourth-order valence-electron chi connectivity index (χ4n) is 4.90. The van der Waals surface area contributed by atoms with Crippen molar-refractivity contribution >= 4 is 0 Å². The molecule has 3 aromatic rings. The monoisotopic (exact) mass is 482 g/mol. The van der Waals surface area contributed by atoms with Gasteiger partial charge in [0.05, 0.1) is 19.3 Å². The lowest BCUT2D eigenvalue weighted by Crippen LogP contribution is -2.20. The summed E-state index contributed by atoms with van der Waals surface area (Å²) >= 11 is 0. The summed E-state index contributed by atoms with van der Waals surface area (Å²) < 4.78 is 54.7. The van der Waals surface area contributed by atoms with E-state index >= 15 is 0 Å².